The van der Waals surface area contributed by atoms with Gasteiger partial charge in [0.25, 0.3) is 0 Å². The predicted octanol–water partition coefficient (Wildman–Crippen LogP) is 1.52. The highest BCUT2D eigenvalue weighted by Crippen LogP contribution is 2.29. The molecule has 0 spiro atoms. The SMILES string of the molecule is c1cc(OCC2CC2)nnc1CNC1CC1. The Bertz CT molecular complexity index is 309. The summed E-state index contributed by atoms with van der Waals surface area (Å²) < 4.78 is 5.53. The van der Waals surface area contributed by atoms with Crippen LogP contribution in [-0.2, 0) is 6.54 Å². The van der Waals surface area contributed by atoms with E-state index in [-0.39, 0.29) is 0 Å². The third-order valence-electron chi connectivity index (χ3n) is 3.01. The summed E-state index contributed by atoms with van der Waals surface area (Å²) in [6.45, 7) is 1.62. The lowest BCUT2D eigenvalue weighted by atomic mass is 10.4. The van der Waals surface area contributed by atoms with Crippen molar-refractivity contribution in [1.29, 1.82) is 0 Å². The summed E-state index contributed by atoms with van der Waals surface area (Å²) in [7, 11) is 0. The molecule has 1 aromatic heterocycles. The summed E-state index contributed by atoms with van der Waals surface area (Å²) in [6.07, 6.45) is 5.21. The summed E-state index contributed by atoms with van der Waals surface area (Å²) in [5.41, 5.74) is 0.991. The van der Waals surface area contributed by atoms with E-state index in [1.54, 1.807) is 0 Å². The second-order valence-electron chi connectivity index (χ2n) is 4.77. The van der Waals surface area contributed by atoms with Crippen molar-refractivity contribution in [2.45, 2.75) is 38.3 Å². The van der Waals surface area contributed by atoms with Crippen molar-refractivity contribution in [1.82, 2.24) is 15.5 Å². The zero-order valence-electron chi connectivity index (χ0n) is 9.35. The molecule has 1 aromatic rings. The molecule has 1 N–H and O–H groups in total. The molecule has 3 rings (SSSR count). The highest BCUT2D eigenvalue weighted by molar-refractivity contribution is 5.11. The Kier molecular flexibility index (Phi) is 2.74. The van der Waals surface area contributed by atoms with E-state index in [0.717, 1.165) is 24.8 Å². The van der Waals surface area contributed by atoms with E-state index in [1.165, 1.54) is 25.7 Å². The number of hydrogen-bond donors (Lipinski definition) is 1. The normalized spacial score (nSPS) is 19.8. The Morgan fingerprint density at radius 2 is 2.06 bits per heavy atom. The van der Waals surface area contributed by atoms with Crippen LogP contribution in [-0.4, -0.2) is 22.8 Å². The van der Waals surface area contributed by atoms with Gasteiger partial charge in [0.2, 0.25) is 5.88 Å². The van der Waals surface area contributed by atoms with Crippen LogP contribution in [0.5, 0.6) is 5.88 Å². The van der Waals surface area contributed by atoms with Crippen LogP contribution in [0.25, 0.3) is 0 Å². The smallest absolute Gasteiger partial charge is 0.233 e. The molecule has 2 fully saturated rings. The van der Waals surface area contributed by atoms with E-state index in [2.05, 4.69) is 15.5 Å². The Hall–Kier alpha value is -1.16. The van der Waals surface area contributed by atoms with Gasteiger partial charge in [-0.1, -0.05) is 0 Å². The highest BCUT2D eigenvalue weighted by Gasteiger charge is 2.22. The molecule has 2 saturated carbocycles. The van der Waals surface area contributed by atoms with Crippen LogP contribution in [0.2, 0.25) is 0 Å². The average molecular weight is 219 g/mol. The van der Waals surface area contributed by atoms with Crippen LogP contribution in [0.15, 0.2) is 12.1 Å². The van der Waals surface area contributed by atoms with Gasteiger partial charge in [0.1, 0.15) is 0 Å². The first-order valence-electron chi connectivity index (χ1n) is 6.09. The van der Waals surface area contributed by atoms with Gasteiger partial charge in [0, 0.05) is 18.7 Å². The number of ether oxygens (including phenoxy) is 1. The van der Waals surface area contributed by atoms with E-state index in [4.69, 9.17) is 4.74 Å². The zero-order valence-corrected chi connectivity index (χ0v) is 9.35. The molecule has 0 amide bonds. The van der Waals surface area contributed by atoms with Gasteiger partial charge in [0.15, 0.2) is 0 Å². The number of aromatic nitrogens is 2. The first kappa shape index (κ1) is 10.0. The fraction of sp³-hybridized carbons (Fsp3) is 0.667. The molecular formula is C12H17N3O. The van der Waals surface area contributed by atoms with Gasteiger partial charge in [-0.25, -0.2) is 0 Å². The Morgan fingerprint density at radius 1 is 1.19 bits per heavy atom. The minimum atomic E-state index is 0.655. The second kappa shape index (κ2) is 4.37. The predicted molar refractivity (Wildman–Crippen MR) is 60.1 cm³/mol. The Morgan fingerprint density at radius 3 is 2.69 bits per heavy atom. The van der Waals surface area contributed by atoms with Gasteiger partial charge in [-0.15, -0.1) is 5.10 Å². The molecule has 86 valence electrons. The second-order valence-corrected chi connectivity index (χ2v) is 4.77. The van der Waals surface area contributed by atoms with Gasteiger partial charge in [-0.3, -0.25) is 0 Å². The lowest BCUT2D eigenvalue weighted by molar-refractivity contribution is 0.284. The minimum Gasteiger partial charge on any atom is -0.476 e. The molecule has 4 nitrogen and oxygen atoms in total. The number of nitrogens with one attached hydrogen (secondary N) is 1. The lowest BCUT2D eigenvalue weighted by Gasteiger charge is -2.04. The molecule has 0 unspecified atom stereocenters. The molecule has 0 atom stereocenters. The van der Waals surface area contributed by atoms with Crippen LogP contribution in [0.3, 0.4) is 0 Å². The summed E-state index contributed by atoms with van der Waals surface area (Å²) in [4.78, 5) is 0. The summed E-state index contributed by atoms with van der Waals surface area (Å²) in [5, 5.41) is 11.6. The summed E-state index contributed by atoms with van der Waals surface area (Å²) in [5.74, 6) is 1.42. The van der Waals surface area contributed by atoms with Gasteiger partial charge in [0.05, 0.1) is 12.3 Å². The third-order valence-corrected chi connectivity index (χ3v) is 3.01. The zero-order chi connectivity index (χ0) is 10.8. The van der Waals surface area contributed by atoms with Crippen LogP contribution in [0.4, 0.5) is 0 Å². The molecule has 0 saturated heterocycles. The molecule has 0 aliphatic heterocycles. The molecule has 0 radical (unpaired) electrons. The number of rotatable bonds is 6. The van der Waals surface area contributed by atoms with Crippen molar-refractivity contribution < 1.29 is 4.74 Å². The summed E-state index contributed by atoms with van der Waals surface area (Å²) in [6, 6.07) is 4.62. The van der Waals surface area contributed by atoms with E-state index in [9.17, 15) is 0 Å². The van der Waals surface area contributed by atoms with Crippen LogP contribution < -0.4 is 10.1 Å². The molecule has 2 aliphatic carbocycles. The van der Waals surface area contributed by atoms with Gasteiger partial charge in [-0.05, 0) is 37.7 Å². The van der Waals surface area contributed by atoms with Crippen LogP contribution >= 0.6 is 0 Å². The van der Waals surface area contributed by atoms with E-state index in [1.807, 2.05) is 12.1 Å². The minimum absolute atomic E-state index is 0.655. The maximum Gasteiger partial charge on any atom is 0.233 e. The average Bonchev–Trinajstić information content (AvgIpc) is 3.17. The molecule has 2 aliphatic rings. The molecule has 1 heterocycles. The molecule has 16 heavy (non-hydrogen) atoms. The fourth-order valence-corrected chi connectivity index (χ4v) is 1.54. The molecule has 0 aromatic carbocycles. The van der Waals surface area contributed by atoms with Crippen molar-refractivity contribution in [3.8, 4) is 5.88 Å². The maximum absolute atomic E-state index is 5.53. The largest absolute Gasteiger partial charge is 0.476 e. The highest BCUT2D eigenvalue weighted by atomic mass is 16.5. The maximum atomic E-state index is 5.53. The monoisotopic (exact) mass is 219 g/mol. The standard InChI is InChI=1S/C12H17N3O/c1-2-9(1)8-16-12-6-5-11(14-15-12)7-13-10-3-4-10/h5-6,9-10,13H,1-4,7-8H2. The van der Waals surface area contributed by atoms with E-state index >= 15 is 0 Å². The Labute approximate surface area is 95.4 Å². The van der Waals surface area contributed by atoms with Gasteiger partial charge in [-0.2, -0.15) is 5.10 Å². The van der Waals surface area contributed by atoms with Crippen molar-refractivity contribution in [2.24, 2.45) is 5.92 Å². The topological polar surface area (TPSA) is 47.0 Å². The first-order valence-corrected chi connectivity index (χ1v) is 6.09. The van der Waals surface area contributed by atoms with Gasteiger partial charge < -0.3 is 10.1 Å². The van der Waals surface area contributed by atoms with Crippen molar-refractivity contribution >= 4 is 0 Å². The van der Waals surface area contributed by atoms with Crippen molar-refractivity contribution in [3.63, 3.8) is 0 Å². The van der Waals surface area contributed by atoms with Crippen molar-refractivity contribution in [3.05, 3.63) is 17.8 Å². The third kappa shape index (κ3) is 2.92. The molecule has 4 heteroatoms. The molecule has 0 bridgehead atoms. The number of hydrogen-bond acceptors (Lipinski definition) is 4. The van der Waals surface area contributed by atoms with Crippen LogP contribution in [0, 0.1) is 5.92 Å². The number of nitrogens with zero attached hydrogens (tertiary/aromatic N) is 2. The van der Waals surface area contributed by atoms with Crippen molar-refractivity contribution in [2.75, 3.05) is 6.61 Å². The van der Waals surface area contributed by atoms with Gasteiger partial charge >= 0.3 is 0 Å². The first-order chi connectivity index (χ1) is 7.90. The quantitative estimate of drug-likeness (QED) is 0.788. The van der Waals surface area contributed by atoms with E-state index < -0.39 is 0 Å². The lowest BCUT2D eigenvalue weighted by Crippen LogP contribution is -2.16. The molecular weight excluding hydrogens is 202 g/mol. The van der Waals surface area contributed by atoms with Crippen LogP contribution in [0.1, 0.15) is 31.4 Å². The Balaban J connectivity index is 1.47. The summed E-state index contributed by atoms with van der Waals surface area (Å²) >= 11 is 0. The fourth-order valence-electron chi connectivity index (χ4n) is 1.54. The van der Waals surface area contributed by atoms with E-state index in [0.29, 0.717) is 11.9 Å².